The van der Waals surface area contributed by atoms with E-state index < -0.39 is 6.10 Å². The van der Waals surface area contributed by atoms with E-state index in [1.807, 2.05) is 36.4 Å². The van der Waals surface area contributed by atoms with E-state index >= 15 is 0 Å². The van der Waals surface area contributed by atoms with Gasteiger partial charge in [0.15, 0.2) is 0 Å². The van der Waals surface area contributed by atoms with Crippen molar-refractivity contribution in [3.8, 4) is 11.1 Å². The smallest absolute Gasteiger partial charge is 0.0847 e. The van der Waals surface area contributed by atoms with E-state index in [-0.39, 0.29) is 5.88 Å². The molecule has 0 aromatic heterocycles. The Balaban J connectivity index is 2.21. The monoisotopic (exact) mass is 261 g/mol. The summed E-state index contributed by atoms with van der Waals surface area (Å²) in [5.41, 5.74) is 3.29. The number of rotatable bonds is 5. The minimum absolute atomic E-state index is 0.237. The molecule has 2 aromatic rings. The van der Waals surface area contributed by atoms with Gasteiger partial charge >= 0.3 is 0 Å². The highest BCUT2D eigenvalue weighted by Crippen LogP contribution is 2.27. The standard InChI is InChI=1S/C15H16ClNO/c16-10-13(18)11-17-15-9-5-4-8-14(15)12-6-2-1-3-7-12/h1-9,13,17-18H,10-11H2. The predicted molar refractivity (Wildman–Crippen MR) is 77.1 cm³/mol. The normalized spacial score (nSPS) is 12.1. The van der Waals surface area contributed by atoms with Gasteiger partial charge in [-0.1, -0.05) is 48.5 Å². The van der Waals surface area contributed by atoms with Crippen LogP contribution in [0.25, 0.3) is 11.1 Å². The van der Waals surface area contributed by atoms with Crippen LogP contribution in [0.4, 0.5) is 5.69 Å². The molecule has 94 valence electrons. The summed E-state index contributed by atoms with van der Waals surface area (Å²) in [5, 5.41) is 12.7. The molecule has 0 fully saturated rings. The van der Waals surface area contributed by atoms with Gasteiger partial charge in [-0.05, 0) is 11.6 Å². The van der Waals surface area contributed by atoms with Crippen molar-refractivity contribution in [1.82, 2.24) is 0 Å². The van der Waals surface area contributed by atoms with E-state index in [1.165, 1.54) is 0 Å². The largest absolute Gasteiger partial charge is 0.390 e. The lowest BCUT2D eigenvalue weighted by Crippen LogP contribution is -2.20. The molecule has 0 heterocycles. The maximum Gasteiger partial charge on any atom is 0.0847 e. The number of para-hydroxylation sites is 1. The van der Waals surface area contributed by atoms with Crippen molar-refractivity contribution in [2.24, 2.45) is 0 Å². The zero-order chi connectivity index (χ0) is 12.8. The molecule has 0 aliphatic carbocycles. The van der Waals surface area contributed by atoms with Crippen LogP contribution in [0.1, 0.15) is 0 Å². The summed E-state index contributed by atoms with van der Waals surface area (Å²) in [7, 11) is 0. The van der Waals surface area contributed by atoms with Crippen LogP contribution in [0.5, 0.6) is 0 Å². The maximum atomic E-state index is 9.49. The lowest BCUT2D eigenvalue weighted by Gasteiger charge is -2.14. The number of hydrogen-bond donors (Lipinski definition) is 2. The Bertz CT molecular complexity index is 487. The first-order valence-electron chi connectivity index (χ1n) is 5.93. The van der Waals surface area contributed by atoms with E-state index in [0.717, 1.165) is 16.8 Å². The number of nitrogens with one attached hydrogen (secondary N) is 1. The Morgan fingerprint density at radius 1 is 1.00 bits per heavy atom. The summed E-state index contributed by atoms with van der Waals surface area (Å²) >= 11 is 5.59. The molecule has 2 rings (SSSR count). The molecule has 1 unspecified atom stereocenters. The van der Waals surface area contributed by atoms with Crippen LogP contribution < -0.4 is 5.32 Å². The third kappa shape index (κ3) is 3.25. The van der Waals surface area contributed by atoms with E-state index in [2.05, 4.69) is 23.5 Å². The summed E-state index contributed by atoms with van der Waals surface area (Å²) in [6, 6.07) is 18.2. The van der Waals surface area contributed by atoms with Gasteiger partial charge in [0.2, 0.25) is 0 Å². The number of benzene rings is 2. The number of aliphatic hydroxyl groups excluding tert-OH is 1. The summed E-state index contributed by atoms with van der Waals surface area (Å²) < 4.78 is 0. The van der Waals surface area contributed by atoms with Gasteiger partial charge in [0, 0.05) is 17.8 Å². The van der Waals surface area contributed by atoms with Crippen molar-refractivity contribution < 1.29 is 5.11 Å². The fourth-order valence-electron chi connectivity index (χ4n) is 1.79. The quantitative estimate of drug-likeness (QED) is 0.809. The number of aliphatic hydroxyl groups is 1. The van der Waals surface area contributed by atoms with Gasteiger partial charge in [0.25, 0.3) is 0 Å². The molecule has 1 atom stereocenters. The Morgan fingerprint density at radius 3 is 2.39 bits per heavy atom. The average molecular weight is 262 g/mol. The first-order chi connectivity index (χ1) is 8.81. The van der Waals surface area contributed by atoms with Crippen LogP contribution in [0, 0.1) is 0 Å². The molecule has 0 saturated heterocycles. The third-order valence-corrected chi connectivity index (χ3v) is 3.07. The molecule has 0 bridgehead atoms. The van der Waals surface area contributed by atoms with Crippen molar-refractivity contribution in [3.05, 3.63) is 54.6 Å². The van der Waals surface area contributed by atoms with Gasteiger partial charge in [-0.2, -0.15) is 0 Å². The van der Waals surface area contributed by atoms with Gasteiger partial charge in [0.05, 0.1) is 12.0 Å². The number of halogens is 1. The molecule has 0 saturated carbocycles. The zero-order valence-corrected chi connectivity index (χ0v) is 10.8. The van der Waals surface area contributed by atoms with E-state index in [4.69, 9.17) is 11.6 Å². The topological polar surface area (TPSA) is 32.3 Å². The highest BCUT2D eigenvalue weighted by Gasteiger charge is 2.06. The highest BCUT2D eigenvalue weighted by molar-refractivity contribution is 6.18. The van der Waals surface area contributed by atoms with Crippen molar-refractivity contribution in [1.29, 1.82) is 0 Å². The Kier molecular flexibility index (Phi) is 4.62. The lowest BCUT2D eigenvalue weighted by molar-refractivity contribution is 0.211. The number of anilines is 1. The van der Waals surface area contributed by atoms with E-state index in [0.29, 0.717) is 6.54 Å². The highest BCUT2D eigenvalue weighted by atomic mass is 35.5. The predicted octanol–water partition coefficient (Wildman–Crippen LogP) is 3.37. The summed E-state index contributed by atoms with van der Waals surface area (Å²) in [5.74, 6) is 0.237. The Morgan fingerprint density at radius 2 is 1.67 bits per heavy atom. The molecular formula is C15H16ClNO. The molecule has 0 radical (unpaired) electrons. The molecule has 2 N–H and O–H groups in total. The fourth-order valence-corrected chi connectivity index (χ4v) is 1.90. The first kappa shape index (κ1) is 12.9. The van der Waals surface area contributed by atoms with Gasteiger partial charge < -0.3 is 10.4 Å². The van der Waals surface area contributed by atoms with Crippen molar-refractivity contribution >= 4 is 17.3 Å². The molecule has 2 nitrogen and oxygen atoms in total. The summed E-state index contributed by atoms with van der Waals surface area (Å²) in [6.07, 6.45) is -0.532. The molecule has 0 aliphatic heterocycles. The van der Waals surface area contributed by atoms with Gasteiger partial charge in [-0.3, -0.25) is 0 Å². The zero-order valence-electron chi connectivity index (χ0n) is 10.0. The Labute approximate surface area is 112 Å². The maximum absolute atomic E-state index is 9.49. The molecule has 0 aliphatic rings. The molecule has 18 heavy (non-hydrogen) atoms. The Hall–Kier alpha value is -1.51. The first-order valence-corrected chi connectivity index (χ1v) is 6.47. The van der Waals surface area contributed by atoms with Crippen LogP contribution in [0.3, 0.4) is 0 Å². The summed E-state index contributed by atoms with van der Waals surface area (Å²) in [6.45, 7) is 0.452. The van der Waals surface area contributed by atoms with Gasteiger partial charge in [-0.15, -0.1) is 11.6 Å². The molecular weight excluding hydrogens is 246 g/mol. The fraction of sp³-hybridized carbons (Fsp3) is 0.200. The molecule has 0 amide bonds. The number of hydrogen-bond acceptors (Lipinski definition) is 2. The minimum atomic E-state index is -0.532. The number of alkyl halides is 1. The van der Waals surface area contributed by atoms with E-state index in [1.54, 1.807) is 0 Å². The van der Waals surface area contributed by atoms with Crippen LogP contribution in [0.15, 0.2) is 54.6 Å². The van der Waals surface area contributed by atoms with Crippen LogP contribution in [0.2, 0.25) is 0 Å². The van der Waals surface area contributed by atoms with Crippen molar-refractivity contribution in [3.63, 3.8) is 0 Å². The second-order valence-electron chi connectivity index (χ2n) is 4.10. The second kappa shape index (κ2) is 6.43. The van der Waals surface area contributed by atoms with Crippen molar-refractivity contribution in [2.75, 3.05) is 17.7 Å². The minimum Gasteiger partial charge on any atom is -0.390 e. The molecule has 0 spiro atoms. The van der Waals surface area contributed by atoms with Crippen LogP contribution in [-0.2, 0) is 0 Å². The SMILES string of the molecule is OC(CCl)CNc1ccccc1-c1ccccc1. The molecule has 2 aromatic carbocycles. The summed E-state index contributed by atoms with van der Waals surface area (Å²) in [4.78, 5) is 0. The molecule has 3 heteroatoms. The third-order valence-electron chi connectivity index (χ3n) is 2.72. The lowest BCUT2D eigenvalue weighted by atomic mass is 10.0. The van der Waals surface area contributed by atoms with E-state index in [9.17, 15) is 5.11 Å². The van der Waals surface area contributed by atoms with Crippen molar-refractivity contribution in [2.45, 2.75) is 6.10 Å². The van der Waals surface area contributed by atoms with Gasteiger partial charge in [-0.25, -0.2) is 0 Å². The second-order valence-corrected chi connectivity index (χ2v) is 4.41. The van der Waals surface area contributed by atoms with Crippen LogP contribution in [-0.4, -0.2) is 23.6 Å². The van der Waals surface area contributed by atoms with Gasteiger partial charge in [0.1, 0.15) is 0 Å². The average Bonchev–Trinajstić information content (AvgIpc) is 2.46. The van der Waals surface area contributed by atoms with Crippen LogP contribution >= 0.6 is 11.6 Å².